The van der Waals surface area contributed by atoms with Crippen LogP contribution in [0.3, 0.4) is 0 Å². The van der Waals surface area contributed by atoms with E-state index < -0.39 is 5.97 Å². The Morgan fingerprint density at radius 2 is 1.74 bits per heavy atom. The number of nitrogens with zero attached hydrogens (tertiary/aromatic N) is 1. The summed E-state index contributed by atoms with van der Waals surface area (Å²) in [6.07, 6.45) is 1.50. The highest BCUT2D eigenvalue weighted by Gasteiger charge is 2.09. The van der Waals surface area contributed by atoms with E-state index in [-0.39, 0.29) is 18.9 Å². The standard InChI is InChI=1S/C16H24N2O5/c1-18(7-5-4-6-16(20)21)11-15(19)17-12-8-13(22-2)10-14(9-12)23-3/h8-10H,4-7,11H2,1-3H3,(H,17,19)(H,20,21). The Hall–Kier alpha value is -2.28. The van der Waals surface area contributed by atoms with Crippen molar-refractivity contribution in [3.05, 3.63) is 18.2 Å². The maximum absolute atomic E-state index is 12.0. The predicted octanol–water partition coefficient (Wildman–Crippen LogP) is 1.83. The van der Waals surface area contributed by atoms with Crippen molar-refractivity contribution in [1.82, 2.24) is 4.90 Å². The second kappa shape index (κ2) is 9.68. The van der Waals surface area contributed by atoms with E-state index in [9.17, 15) is 9.59 Å². The van der Waals surface area contributed by atoms with Gasteiger partial charge < -0.3 is 19.9 Å². The minimum absolute atomic E-state index is 0.152. The van der Waals surface area contributed by atoms with Crippen molar-refractivity contribution >= 4 is 17.6 Å². The molecule has 0 saturated carbocycles. The molecule has 1 aromatic carbocycles. The predicted molar refractivity (Wildman–Crippen MR) is 87.2 cm³/mol. The number of benzene rings is 1. The lowest BCUT2D eigenvalue weighted by atomic mass is 10.2. The van der Waals surface area contributed by atoms with Gasteiger partial charge in [-0.1, -0.05) is 0 Å². The van der Waals surface area contributed by atoms with Gasteiger partial charge in [0.1, 0.15) is 11.5 Å². The van der Waals surface area contributed by atoms with Crippen LogP contribution < -0.4 is 14.8 Å². The highest BCUT2D eigenvalue weighted by molar-refractivity contribution is 5.92. The molecule has 2 N–H and O–H groups in total. The molecule has 0 aliphatic heterocycles. The number of hydrogen-bond donors (Lipinski definition) is 2. The van der Waals surface area contributed by atoms with Crippen LogP contribution in [0.4, 0.5) is 5.69 Å². The van der Waals surface area contributed by atoms with E-state index in [0.717, 1.165) is 6.42 Å². The quantitative estimate of drug-likeness (QED) is 0.638. The summed E-state index contributed by atoms with van der Waals surface area (Å²) in [5.74, 6) is 0.252. The number of likely N-dealkylation sites (N-methyl/N-ethyl adjacent to an activating group) is 1. The molecule has 0 fully saturated rings. The molecule has 7 heteroatoms. The average molecular weight is 324 g/mol. The summed E-state index contributed by atoms with van der Waals surface area (Å²) in [6.45, 7) is 0.898. The first-order valence-electron chi connectivity index (χ1n) is 7.38. The van der Waals surface area contributed by atoms with E-state index >= 15 is 0 Å². The largest absolute Gasteiger partial charge is 0.497 e. The van der Waals surface area contributed by atoms with Crippen LogP contribution in [0.2, 0.25) is 0 Å². The van der Waals surface area contributed by atoms with Crippen molar-refractivity contribution in [2.75, 3.05) is 39.7 Å². The summed E-state index contributed by atoms with van der Waals surface area (Å²) < 4.78 is 10.3. The molecule has 1 amide bonds. The molecule has 0 aromatic heterocycles. The van der Waals surface area contributed by atoms with Crippen molar-refractivity contribution in [2.45, 2.75) is 19.3 Å². The number of rotatable bonds is 10. The first kappa shape index (κ1) is 18.8. The van der Waals surface area contributed by atoms with Gasteiger partial charge >= 0.3 is 5.97 Å². The normalized spacial score (nSPS) is 10.4. The molecule has 1 rings (SSSR count). The molecule has 0 saturated heterocycles. The van der Waals surface area contributed by atoms with Gasteiger partial charge in [-0.2, -0.15) is 0 Å². The summed E-state index contributed by atoms with van der Waals surface area (Å²) in [7, 11) is 4.92. The van der Waals surface area contributed by atoms with Gasteiger partial charge in [0.2, 0.25) is 5.91 Å². The molecule has 0 bridgehead atoms. The lowest BCUT2D eigenvalue weighted by Gasteiger charge is -2.16. The topological polar surface area (TPSA) is 88.1 Å². The fourth-order valence-electron chi connectivity index (χ4n) is 2.06. The SMILES string of the molecule is COc1cc(NC(=O)CN(C)CCCCC(=O)O)cc(OC)c1. The molecule has 1 aromatic rings. The maximum Gasteiger partial charge on any atom is 0.303 e. The van der Waals surface area contributed by atoms with Gasteiger partial charge in [-0.25, -0.2) is 0 Å². The number of amides is 1. The van der Waals surface area contributed by atoms with Crippen LogP contribution >= 0.6 is 0 Å². The molecule has 0 heterocycles. The third kappa shape index (κ3) is 7.51. The van der Waals surface area contributed by atoms with Crippen LogP contribution in [0.1, 0.15) is 19.3 Å². The van der Waals surface area contributed by atoms with Gasteiger partial charge in [0.05, 0.1) is 20.8 Å². The molecule has 0 radical (unpaired) electrons. The molecular formula is C16H24N2O5. The Balaban J connectivity index is 2.45. The van der Waals surface area contributed by atoms with Crippen molar-refractivity contribution in [2.24, 2.45) is 0 Å². The maximum atomic E-state index is 12.0. The summed E-state index contributed by atoms with van der Waals surface area (Å²) in [4.78, 5) is 24.3. The van der Waals surface area contributed by atoms with E-state index in [2.05, 4.69) is 5.32 Å². The third-order valence-corrected chi connectivity index (χ3v) is 3.23. The Labute approximate surface area is 136 Å². The van der Waals surface area contributed by atoms with Gasteiger partial charge in [-0.05, 0) is 26.4 Å². The molecule has 7 nitrogen and oxygen atoms in total. The first-order valence-corrected chi connectivity index (χ1v) is 7.38. The number of carboxylic acid groups (broad SMARTS) is 1. The van der Waals surface area contributed by atoms with Gasteiger partial charge in [0, 0.05) is 30.3 Å². The highest BCUT2D eigenvalue weighted by Crippen LogP contribution is 2.25. The fourth-order valence-corrected chi connectivity index (χ4v) is 2.06. The average Bonchev–Trinajstić information content (AvgIpc) is 2.50. The van der Waals surface area contributed by atoms with E-state index in [1.807, 2.05) is 11.9 Å². The fraction of sp³-hybridized carbons (Fsp3) is 0.500. The van der Waals surface area contributed by atoms with Crippen molar-refractivity contribution < 1.29 is 24.2 Å². The zero-order valence-corrected chi connectivity index (χ0v) is 13.8. The number of carboxylic acids is 1. The number of ether oxygens (including phenoxy) is 2. The summed E-state index contributed by atoms with van der Waals surface area (Å²) in [5.41, 5.74) is 0.602. The Kier molecular flexibility index (Phi) is 7.90. The van der Waals surface area contributed by atoms with Crippen LogP contribution in [-0.4, -0.2) is 56.2 Å². The summed E-state index contributed by atoms with van der Waals surface area (Å²) >= 11 is 0. The second-order valence-electron chi connectivity index (χ2n) is 5.24. The smallest absolute Gasteiger partial charge is 0.303 e. The minimum atomic E-state index is -0.794. The summed E-state index contributed by atoms with van der Waals surface area (Å²) in [5, 5.41) is 11.4. The number of unbranched alkanes of at least 4 members (excludes halogenated alkanes) is 1. The molecule has 0 aliphatic carbocycles. The lowest BCUT2D eigenvalue weighted by Crippen LogP contribution is -2.31. The molecule has 128 valence electrons. The molecule has 23 heavy (non-hydrogen) atoms. The van der Waals surface area contributed by atoms with E-state index in [1.165, 1.54) is 0 Å². The van der Waals surface area contributed by atoms with Crippen LogP contribution in [0, 0.1) is 0 Å². The number of carbonyl (C=O) groups is 2. The number of aliphatic carboxylic acids is 1. The number of methoxy groups -OCH3 is 2. The Morgan fingerprint density at radius 3 is 2.26 bits per heavy atom. The van der Waals surface area contributed by atoms with Crippen molar-refractivity contribution in [3.63, 3.8) is 0 Å². The molecule has 0 atom stereocenters. The van der Waals surface area contributed by atoms with Crippen LogP contribution in [0.5, 0.6) is 11.5 Å². The number of carbonyl (C=O) groups excluding carboxylic acids is 1. The Bertz CT molecular complexity index is 511. The van der Waals surface area contributed by atoms with Crippen LogP contribution in [-0.2, 0) is 9.59 Å². The zero-order valence-electron chi connectivity index (χ0n) is 13.8. The lowest BCUT2D eigenvalue weighted by molar-refractivity contribution is -0.137. The third-order valence-electron chi connectivity index (χ3n) is 3.23. The van der Waals surface area contributed by atoms with Crippen molar-refractivity contribution in [1.29, 1.82) is 0 Å². The zero-order chi connectivity index (χ0) is 17.2. The van der Waals surface area contributed by atoms with E-state index in [1.54, 1.807) is 32.4 Å². The first-order chi connectivity index (χ1) is 10.9. The van der Waals surface area contributed by atoms with Crippen LogP contribution in [0.25, 0.3) is 0 Å². The minimum Gasteiger partial charge on any atom is -0.497 e. The molecular weight excluding hydrogens is 300 g/mol. The van der Waals surface area contributed by atoms with Gasteiger partial charge in [0.15, 0.2) is 0 Å². The van der Waals surface area contributed by atoms with Crippen molar-refractivity contribution in [3.8, 4) is 11.5 Å². The number of nitrogens with one attached hydrogen (secondary N) is 1. The molecule has 0 spiro atoms. The number of hydrogen-bond acceptors (Lipinski definition) is 5. The van der Waals surface area contributed by atoms with Gasteiger partial charge in [0.25, 0.3) is 0 Å². The van der Waals surface area contributed by atoms with E-state index in [0.29, 0.717) is 30.2 Å². The van der Waals surface area contributed by atoms with Gasteiger partial charge in [-0.3, -0.25) is 14.5 Å². The van der Waals surface area contributed by atoms with Gasteiger partial charge in [-0.15, -0.1) is 0 Å². The summed E-state index contributed by atoms with van der Waals surface area (Å²) in [6, 6.07) is 5.16. The Morgan fingerprint density at radius 1 is 1.13 bits per heavy atom. The van der Waals surface area contributed by atoms with Crippen LogP contribution in [0.15, 0.2) is 18.2 Å². The highest BCUT2D eigenvalue weighted by atomic mass is 16.5. The monoisotopic (exact) mass is 324 g/mol. The molecule has 0 aliphatic rings. The molecule has 0 unspecified atom stereocenters. The second-order valence-corrected chi connectivity index (χ2v) is 5.24. The number of anilines is 1. The van der Waals surface area contributed by atoms with E-state index in [4.69, 9.17) is 14.6 Å².